The number of rotatable bonds is 2. The fourth-order valence-corrected chi connectivity index (χ4v) is 1.33. The van der Waals surface area contributed by atoms with Crippen molar-refractivity contribution in [1.29, 1.82) is 0 Å². The van der Waals surface area contributed by atoms with Crippen molar-refractivity contribution in [1.82, 2.24) is 15.6 Å². The van der Waals surface area contributed by atoms with Gasteiger partial charge >= 0.3 is 0 Å². The van der Waals surface area contributed by atoms with Crippen LogP contribution in [0, 0.1) is 6.92 Å². The van der Waals surface area contributed by atoms with Crippen molar-refractivity contribution in [3.8, 4) is 0 Å². The van der Waals surface area contributed by atoms with Gasteiger partial charge < -0.3 is 4.52 Å². The molecule has 0 saturated carbocycles. The van der Waals surface area contributed by atoms with Crippen molar-refractivity contribution in [2.24, 2.45) is 0 Å². The van der Waals surface area contributed by atoms with E-state index >= 15 is 0 Å². The molecular weight excluding hydrogens is 234 g/mol. The number of nitrogens with zero attached hydrogens (tertiary/aromatic N) is 2. The van der Waals surface area contributed by atoms with Crippen LogP contribution in [0.15, 0.2) is 16.8 Å². The van der Waals surface area contributed by atoms with Gasteiger partial charge in [0.25, 0.3) is 11.6 Å². The largest absolute Gasteiger partial charge is 0.336 e. The molecule has 6 heteroatoms. The number of aromatic nitrogens is 2. The van der Waals surface area contributed by atoms with E-state index in [1.54, 1.807) is 13.0 Å². The number of hydroxylamine groups is 1. The van der Waals surface area contributed by atoms with Crippen molar-refractivity contribution in [3.63, 3.8) is 0 Å². The van der Waals surface area contributed by atoms with E-state index < -0.39 is 5.60 Å². The van der Waals surface area contributed by atoms with Gasteiger partial charge in [-0.25, -0.2) is 10.5 Å². The van der Waals surface area contributed by atoms with E-state index in [1.807, 2.05) is 20.8 Å². The molecule has 0 bridgehead atoms. The number of nitrogens with one attached hydrogen (secondary N) is 1. The van der Waals surface area contributed by atoms with E-state index in [4.69, 9.17) is 9.36 Å². The molecule has 0 aliphatic carbocycles. The highest BCUT2D eigenvalue weighted by Gasteiger charge is 2.15. The van der Waals surface area contributed by atoms with Crippen molar-refractivity contribution < 1.29 is 14.2 Å². The van der Waals surface area contributed by atoms with Gasteiger partial charge in [-0.05, 0) is 33.8 Å². The van der Waals surface area contributed by atoms with E-state index in [-0.39, 0.29) is 5.91 Å². The van der Waals surface area contributed by atoms with Crippen molar-refractivity contribution in [2.75, 3.05) is 0 Å². The molecule has 2 aromatic heterocycles. The molecule has 2 rings (SSSR count). The second-order valence-corrected chi connectivity index (χ2v) is 4.99. The van der Waals surface area contributed by atoms with Crippen LogP contribution in [-0.4, -0.2) is 21.6 Å². The summed E-state index contributed by atoms with van der Waals surface area (Å²) in [5.74, 6) is -0.347. The number of amides is 1. The second-order valence-electron chi connectivity index (χ2n) is 4.99. The first kappa shape index (κ1) is 12.5. The van der Waals surface area contributed by atoms with E-state index in [9.17, 15) is 4.79 Å². The normalized spacial score (nSPS) is 11.8. The first-order valence-corrected chi connectivity index (χ1v) is 5.57. The zero-order valence-electron chi connectivity index (χ0n) is 10.8. The number of aryl methyl sites for hydroxylation is 1. The summed E-state index contributed by atoms with van der Waals surface area (Å²) in [4.78, 5) is 21.1. The Balaban J connectivity index is 2.20. The quantitative estimate of drug-likeness (QED) is 0.823. The summed E-state index contributed by atoms with van der Waals surface area (Å²) in [6.07, 6.45) is 1.42. The van der Waals surface area contributed by atoms with E-state index in [0.29, 0.717) is 17.0 Å². The van der Waals surface area contributed by atoms with Crippen LogP contribution >= 0.6 is 0 Å². The lowest BCUT2D eigenvalue weighted by atomic mass is 10.2. The minimum atomic E-state index is -0.444. The predicted octanol–water partition coefficient (Wildman–Crippen LogP) is 1.99. The molecule has 0 spiro atoms. The SMILES string of the molecule is Cc1noc2ncc(C(=O)NOC(C)(C)C)cc12. The van der Waals surface area contributed by atoms with Gasteiger partial charge in [-0.2, -0.15) is 0 Å². The van der Waals surface area contributed by atoms with Crippen LogP contribution in [-0.2, 0) is 4.84 Å². The lowest BCUT2D eigenvalue weighted by molar-refractivity contribution is -0.0589. The Morgan fingerprint density at radius 2 is 2.17 bits per heavy atom. The summed E-state index contributed by atoms with van der Waals surface area (Å²) in [5, 5.41) is 4.50. The Labute approximate surface area is 104 Å². The average molecular weight is 249 g/mol. The molecule has 1 N–H and O–H groups in total. The van der Waals surface area contributed by atoms with Crippen molar-refractivity contribution >= 4 is 17.0 Å². The number of pyridine rings is 1. The van der Waals surface area contributed by atoms with Crippen LogP contribution in [0.25, 0.3) is 11.1 Å². The Kier molecular flexibility index (Phi) is 3.04. The fourth-order valence-electron chi connectivity index (χ4n) is 1.33. The Bertz CT molecular complexity index is 584. The average Bonchev–Trinajstić information content (AvgIpc) is 2.67. The zero-order valence-corrected chi connectivity index (χ0v) is 10.8. The van der Waals surface area contributed by atoms with Crippen LogP contribution in [0.1, 0.15) is 36.8 Å². The van der Waals surface area contributed by atoms with Gasteiger partial charge in [0.2, 0.25) is 0 Å². The molecule has 0 radical (unpaired) electrons. The molecule has 18 heavy (non-hydrogen) atoms. The molecule has 2 heterocycles. The third kappa shape index (κ3) is 2.65. The van der Waals surface area contributed by atoms with Crippen LogP contribution in [0.5, 0.6) is 0 Å². The lowest BCUT2D eigenvalue weighted by Crippen LogP contribution is -2.33. The molecule has 6 nitrogen and oxygen atoms in total. The number of hydrogen-bond donors (Lipinski definition) is 1. The van der Waals surface area contributed by atoms with E-state index in [0.717, 1.165) is 5.39 Å². The van der Waals surface area contributed by atoms with Crippen molar-refractivity contribution in [3.05, 3.63) is 23.5 Å². The molecule has 0 saturated heterocycles. The molecule has 0 atom stereocenters. The zero-order chi connectivity index (χ0) is 13.3. The molecule has 96 valence electrons. The maximum Gasteiger partial charge on any atom is 0.276 e. The number of hydrogen-bond acceptors (Lipinski definition) is 5. The van der Waals surface area contributed by atoms with Crippen LogP contribution in [0.2, 0.25) is 0 Å². The monoisotopic (exact) mass is 249 g/mol. The molecule has 0 aromatic carbocycles. The van der Waals surface area contributed by atoms with E-state index in [2.05, 4.69) is 15.6 Å². The molecule has 0 fully saturated rings. The minimum Gasteiger partial charge on any atom is -0.336 e. The topological polar surface area (TPSA) is 77.2 Å². The molecule has 1 amide bonds. The maximum atomic E-state index is 11.8. The Hall–Kier alpha value is -1.95. The summed E-state index contributed by atoms with van der Waals surface area (Å²) in [7, 11) is 0. The smallest absolute Gasteiger partial charge is 0.276 e. The van der Waals surface area contributed by atoms with Gasteiger partial charge in [0.05, 0.1) is 22.2 Å². The highest BCUT2D eigenvalue weighted by atomic mass is 16.7. The Morgan fingerprint density at radius 1 is 1.44 bits per heavy atom. The third-order valence-corrected chi connectivity index (χ3v) is 2.22. The molecular formula is C12H15N3O3. The van der Waals surface area contributed by atoms with Crippen LogP contribution < -0.4 is 5.48 Å². The van der Waals surface area contributed by atoms with Gasteiger partial charge in [0.15, 0.2) is 0 Å². The highest BCUT2D eigenvalue weighted by molar-refractivity contribution is 5.96. The minimum absolute atomic E-state index is 0.347. The summed E-state index contributed by atoms with van der Waals surface area (Å²) < 4.78 is 4.97. The first-order chi connectivity index (χ1) is 8.37. The van der Waals surface area contributed by atoms with Gasteiger partial charge in [-0.1, -0.05) is 5.16 Å². The molecule has 0 unspecified atom stereocenters. The predicted molar refractivity (Wildman–Crippen MR) is 64.8 cm³/mol. The van der Waals surface area contributed by atoms with Gasteiger partial charge in [0, 0.05) is 6.20 Å². The number of fused-ring (bicyclic) bond motifs is 1. The summed E-state index contributed by atoms with van der Waals surface area (Å²) in [5.41, 5.74) is 3.46. The number of carbonyl (C=O) groups excluding carboxylic acids is 1. The van der Waals surface area contributed by atoms with Gasteiger partial charge in [-0.15, -0.1) is 0 Å². The van der Waals surface area contributed by atoms with Crippen molar-refractivity contribution in [2.45, 2.75) is 33.3 Å². The van der Waals surface area contributed by atoms with Gasteiger partial charge in [-0.3, -0.25) is 9.63 Å². The first-order valence-electron chi connectivity index (χ1n) is 5.57. The third-order valence-electron chi connectivity index (χ3n) is 2.22. The molecule has 0 aliphatic heterocycles. The fraction of sp³-hybridized carbons (Fsp3) is 0.417. The standard InChI is InChI=1S/C12H15N3O3/c1-7-9-5-8(6-13-11(9)17-14-7)10(16)15-18-12(2,3)4/h5-6H,1-4H3,(H,15,16). The molecule has 0 aliphatic rings. The summed E-state index contributed by atoms with van der Waals surface area (Å²) in [6, 6.07) is 1.68. The molecule has 2 aromatic rings. The van der Waals surface area contributed by atoms with E-state index in [1.165, 1.54) is 6.20 Å². The van der Waals surface area contributed by atoms with Gasteiger partial charge in [0.1, 0.15) is 0 Å². The Morgan fingerprint density at radius 3 is 2.83 bits per heavy atom. The lowest BCUT2D eigenvalue weighted by Gasteiger charge is -2.18. The maximum absolute atomic E-state index is 11.8. The highest BCUT2D eigenvalue weighted by Crippen LogP contribution is 2.16. The van der Waals surface area contributed by atoms with Crippen LogP contribution in [0.3, 0.4) is 0 Å². The second kappa shape index (κ2) is 4.38. The summed E-state index contributed by atoms with van der Waals surface area (Å²) in [6.45, 7) is 7.33. The number of carbonyl (C=O) groups is 1. The van der Waals surface area contributed by atoms with Crippen LogP contribution in [0.4, 0.5) is 0 Å². The summed E-state index contributed by atoms with van der Waals surface area (Å²) >= 11 is 0.